The van der Waals surface area contributed by atoms with Crippen LogP contribution in [-0.2, 0) is 20.0 Å². The smallest absolute Gasteiger partial charge is 0.325 e. The lowest BCUT2D eigenvalue weighted by molar-refractivity contribution is -0.137. The number of aromatic nitrogens is 2. The van der Waals surface area contributed by atoms with Crippen molar-refractivity contribution in [2.24, 2.45) is 5.73 Å². The summed E-state index contributed by atoms with van der Waals surface area (Å²) in [5, 5.41) is 15.9. The van der Waals surface area contributed by atoms with E-state index in [0.717, 1.165) is 5.69 Å². The molecule has 8 nitrogen and oxygen atoms in total. The molecule has 0 saturated heterocycles. The van der Waals surface area contributed by atoms with Gasteiger partial charge in [0.15, 0.2) is 14.6 Å². The summed E-state index contributed by atoms with van der Waals surface area (Å²) < 4.78 is 22.5. The molecule has 152 valence electrons. The van der Waals surface area contributed by atoms with Crippen molar-refractivity contribution in [1.82, 2.24) is 10.2 Å². The van der Waals surface area contributed by atoms with Gasteiger partial charge in [0.05, 0.1) is 10.6 Å². The van der Waals surface area contributed by atoms with Crippen molar-refractivity contribution in [3.63, 3.8) is 0 Å². The molecule has 2 aromatic rings. The number of sulfone groups is 1. The van der Waals surface area contributed by atoms with Crippen molar-refractivity contribution < 1.29 is 23.1 Å². The van der Waals surface area contributed by atoms with Crippen LogP contribution in [0.5, 0.6) is 0 Å². The molecule has 28 heavy (non-hydrogen) atoms. The molecule has 0 aliphatic heterocycles. The minimum absolute atomic E-state index is 0.0109. The third kappa shape index (κ3) is 4.36. The molecular formula is C18H22ClN3O5S. The van der Waals surface area contributed by atoms with Gasteiger partial charge in [0.2, 0.25) is 0 Å². The first kappa shape index (κ1) is 21.9. The Labute approximate surface area is 168 Å². The van der Waals surface area contributed by atoms with E-state index in [1.165, 1.54) is 24.3 Å². The highest BCUT2D eigenvalue weighted by Gasteiger charge is 2.61. The van der Waals surface area contributed by atoms with E-state index < -0.39 is 26.5 Å². The zero-order valence-electron chi connectivity index (χ0n) is 15.7. The summed E-state index contributed by atoms with van der Waals surface area (Å²) in [6, 6.07) is 7.22. The summed E-state index contributed by atoms with van der Waals surface area (Å²) >= 11 is 5.64. The number of aromatic amines is 1. The molecule has 0 spiro atoms. The third-order valence-corrected chi connectivity index (χ3v) is 7.10. The third-order valence-electron chi connectivity index (χ3n) is 4.34. The quantitative estimate of drug-likeness (QED) is 0.683. The summed E-state index contributed by atoms with van der Waals surface area (Å²) in [6.07, 6.45) is 0.348. The van der Waals surface area contributed by atoms with Crippen molar-refractivity contribution in [3.8, 4) is 0 Å². The largest absolute Gasteiger partial charge is 0.480 e. The lowest BCUT2D eigenvalue weighted by Gasteiger charge is -2.13. The van der Waals surface area contributed by atoms with Crippen LogP contribution in [0.3, 0.4) is 0 Å². The Morgan fingerprint density at radius 1 is 1.21 bits per heavy atom. The second-order valence-corrected chi connectivity index (χ2v) is 10.2. The number of carboxylic acids is 1. The summed E-state index contributed by atoms with van der Waals surface area (Å²) in [6.45, 7) is 6.07. The molecule has 1 saturated carbocycles. The van der Waals surface area contributed by atoms with Crippen LogP contribution in [-0.4, -0.2) is 40.3 Å². The van der Waals surface area contributed by atoms with Gasteiger partial charge in [-0.25, -0.2) is 8.42 Å². The molecule has 10 heteroatoms. The summed E-state index contributed by atoms with van der Waals surface area (Å²) in [5.41, 5.74) is 6.21. The maximum atomic E-state index is 12.0. The number of carbonyl (C=O) groups is 2. The molecule has 0 bridgehead atoms. The number of hydrogen-bond acceptors (Lipinski definition) is 5. The number of rotatable bonds is 4. The van der Waals surface area contributed by atoms with E-state index >= 15 is 0 Å². The van der Waals surface area contributed by atoms with Gasteiger partial charge in [0.25, 0.3) is 5.91 Å². The maximum absolute atomic E-state index is 12.0. The van der Waals surface area contributed by atoms with Crippen molar-refractivity contribution in [3.05, 3.63) is 46.7 Å². The van der Waals surface area contributed by atoms with E-state index in [9.17, 15) is 18.0 Å². The molecule has 1 aliphatic carbocycles. The minimum atomic E-state index is -3.80. The van der Waals surface area contributed by atoms with Crippen LogP contribution in [0.1, 0.15) is 49.8 Å². The molecule has 1 aromatic carbocycles. The van der Waals surface area contributed by atoms with Crippen molar-refractivity contribution >= 4 is 33.3 Å². The molecule has 0 atom stereocenters. The van der Waals surface area contributed by atoms with Crippen LogP contribution in [0.4, 0.5) is 0 Å². The van der Waals surface area contributed by atoms with Crippen LogP contribution < -0.4 is 5.73 Å². The Hall–Kier alpha value is -2.39. The molecule has 4 N–H and O–H groups in total. The van der Waals surface area contributed by atoms with Gasteiger partial charge in [-0.1, -0.05) is 32.4 Å². The Kier molecular flexibility index (Phi) is 5.91. The van der Waals surface area contributed by atoms with Crippen LogP contribution in [0.25, 0.3) is 0 Å². The zero-order valence-corrected chi connectivity index (χ0v) is 17.3. The van der Waals surface area contributed by atoms with Gasteiger partial charge in [0.1, 0.15) is 5.69 Å². The van der Waals surface area contributed by atoms with Crippen LogP contribution in [0, 0.1) is 0 Å². The Morgan fingerprint density at radius 2 is 1.75 bits per heavy atom. The second kappa shape index (κ2) is 7.56. The molecule has 1 aliphatic rings. The van der Waals surface area contributed by atoms with E-state index in [0.29, 0.717) is 10.7 Å². The van der Waals surface area contributed by atoms with E-state index in [1.807, 2.05) is 20.8 Å². The maximum Gasteiger partial charge on any atom is 0.325 e. The summed E-state index contributed by atoms with van der Waals surface area (Å²) in [5.74, 6) is -1.75. The predicted molar refractivity (Wildman–Crippen MR) is 104 cm³/mol. The summed E-state index contributed by atoms with van der Waals surface area (Å²) in [7, 11) is -3.80. The second-order valence-electron chi connectivity index (χ2n) is 7.54. The first-order valence-corrected chi connectivity index (χ1v) is 10.3. The molecule has 3 rings (SSSR count). The van der Waals surface area contributed by atoms with Gasteiger partial charge in [0, 0.05) is 10.4 Å². The number of nitrogens with two attached hydrogens (primary N) is 1. The average Bonchev–Trinajstić information content (AvgIpc) is 3.25. The standard InChI is InChI=1S/C10H9ClO4S.C8H13N3O/c11-7-1-3-8(4-2-7)16(14,15)10(5-6-10)9(12)13;1-8(2,3)6-4-5(7(9)12)10-11-6/h1-4H,5-6H2,(H,12,13);4H,1-3H3,(H2,9,12)(H,10,11). The number of carbonyl (C=O) groups excluding carboxylic acids is 1. The first-order valence-electron chi connectivity index (χ1n) is 8.40. The number of primary amides is 1. The Bertz CT molecular complexity index is 987. The molecular weight excluding hydrogens is 406 g/mol. The van der Waals surface area contributed by atoms with E-state index in [-0.39, 0.29) is 23.2 Å². The van der Waals surface area contributed by atoms with Crippen LogP contribution in [0.15, 0.2) is 35.2 Å². The first-order chi connectivity index (χ1) is 12.8. The highest BCUT2D eigenvalue weighted by molar-refractivity contribution is 7.94. The zero-order chi connectivity index (χ0) is 21.3. The van der Waals surface area contributed by atoms with Crippen LogP contribution >= 0.6 is 11.6 Å². The van der Waals surface area contributed by atoms with Crippen molar-refractivity contribution in [2.75, 3.05) is 0 Å². The van der Waals surface area contributed by atoms with Crippen molar-refractivity contribution in [2.45, 2.75) is 48.7 Å². The highest BCUT2D eigenvalue weighted by atomic mass is 35.5. The van der Waals surface area contributed by atoms with Gasteiger partial charge >= 0.3 is 5.97 Å². The number of H-pyrrole nitrogens is 1. The van der Waals surface area contributed by atoms with Crippen LogP contribution in [0.2, 0.25) is 5.02 Å². The highest BCUT2D eigenvalue weighted by Crippen LogP contribution is 2.47. The van der Waals surface area contributed by atoms with Gasteiger partial charge in [-0.3, -0.25) is 14.7 Å². The fraction of sp³-hybridized carbons (Fsp3) is 0.389. The number of aliphatic carboxylic acids is 1. The molecule has 1 aromatic heterocycles. The number of nitrogens with one attached hydrogen (secondary N) is 1. The number of amides is 1. The number of benzene rings is 1. The Balaban J connectivity index is 0.000000209. The fourth-order valence-electron chi connectivity index (χ4n) is 2.38. The molecule has 0 unspecified atom stereocenters. The predicted octanol–water partition coefficient (Wildman–Crippen LogP) is 2.54. The average molecular weight is 428 g/mol. The van der Waals surface area contributed by atoms with Gasteiger partial charge in [-0.2, -0.15) is 5.10 Å². The van der Waals surface area contributed by atoms with Gasteiger partial charge in [-0.15, -0.1) is 0 Å². The van der Waals surface area contributed by atoms with E-state index in [2.05, 4.69) is 10.2 Å². The molecule has 1 heterocycles. The lowest BCUT2D eigenvalue weighted by Crippen LogP contribution is -2.32. The van der Waals surface area contributed by atoms with Gasteiger partial charge < -0.3 is 10.8 Å². The Morgan fingerprint density at radius 3 is 2.07 bits per heavy atom. The summed E-state index contributed by atoms with van der Waals surface area (Å²) in [4.78, 5) is 21.7. The topological polar surface area (TPSA) is 143 Å². The molecule has 0 radical (unpaired) electrons. The minimum Gasteiger partial charge on any atom is -0.480 e. The molecule has 1 amide bonds. The SMILES string of the molecule is CC(C)(C)c1cc(C(N)=O)[nH]n1.O=C(O)C1(S(=O)(=O)c2ccc(Cl)cc2)CC1. The normalized spacial score (nSPS) is 15.3. The number of halogens is 1. The van der Waals surface area contributed by atoms with Gasteiger partial charge in [-0.05, 0) is 43.2 Å². The lowest BCUT2D eigenvalue weighted by atomic mass is 9.92. The molecule has 1 fully saturated rings. The number of hydrogen-bond donors (Lipinski definition) is 3. The number of nitrogens with zero attached hydrogens (tertiary/aromatic N) is 1. The number of carboxylic acid groups (broad SMARTS) is 1. The van der Waals surface area contributed by atoms with E-state index in [1.54, 1.807) is 6.07 Å². The van der Waals surface area contributed by atoms with Crippen molar-refractivity contribution in [1.29, 1.82) is 0 Å². The monoisotopic (exact) mass is 427 g/mol. The fourth-order valence-corrected chi connectivity index (χ4v) is 4.32. The van der Waals surface area contributed by atoms with E-state index in [4.69, 9.17) is 22.4 Å².